The Kier molecular flexibility index (Phi) is 4.00. The Morgan fingerprint density at radius 2 is 1.95 bits per heavy atom. The van der Waals surface area contributed by atoms with Crippen molar-refractivity contribution in [2.75, 3.05) is 4.72 Å². The van der Waals surface area contributed by atoms with Gasteiger partial charge < -0.3 is 0 Å². The van der Waals surface area contributed by atoms with Gasteiger partial charge in [0.05, 0.1) is 0 Å². The molecule has 0 spiro atoms. The molecule has 9 heteroatoms. The number of anilines is 1. The predicted molar refractivity (Wildman–Crippen MR) is 76.7 cm³/mol. The van der Waals surface area contributed by atoms with Crippen LogP contribution in [-0.2, 0) is 10.0 Å². The maximum absolute atomic E-state index is 12.2. The lowest BCUT2D eigenvalue weighted by atomic mass is 10.4. The van der Waals surface area contributed by atoms with E-state index < -0.39 is 10.0 Å². The molecule has 0 saturated heterocycles. The van der Waals surface area contributed by atoms with Gasteiger partial charge in [-0.25, -0.2) is 18.4 Å². The molecule has 102 valence electrons. The second-order valence-corrected chi connectivity index (χ2v) is 7.56. The molecule has 5 nitrogen and oxygen atoms in total. The SMILES string of the molecule is Cc1cc(S(=O)(=O)Nc2ncnc(Cl)c2Cl)c(C)s1. The fourth-order valence-corrected chi connectivity index (χ4v) is 4.39. The van der Waals surface area contributed by atoms with Gasteiger partial charge in [0.1, 0.15) is 16.2 Å². The van der Waals surface area contributed by atoms with Crippen molar-refractivity contribution in [3.8, 4) is 0 Å². The first-order chi connectivity index (χ1) is 8.81. The van der Waals surface area contributed by atoms with Crippen molar-refractivity contribution in [3.63, 3.8) is 0 Å². The predicted octanol–water partition coefficient (Wildman–Crippen LogP) is 3.26. The summed E-state index contributed by atoms with van der Waals surface area (Å²) in [6, 6.07) is 1.60. The van der Waals surface area contributed by atoms with Crippen molar-refractivity contribution >= 4 is 50.4 Å². The van der Waals surface area contributed by atoms with E-state index in [0.29, 0.717) is 4.88 Å². The summed E-state index contributed by atoms with van der Waals surface area (Å²) in [5.74, 6) is -0.0371. The summed E-state index contributed by atoms with van der Waals surface area (Å²) in [7, 11) is -3.74. The Balaban J connectivity index is 2.42. The van der Waals surface area contributed by atoms with E-state index >= 15 is 0 Å². The number of halogens is 2. The molecule has 0 amide bonds. The molecular weight excluding hydrogens is 329 g/mol. The van der Waals surface area contributed by atoms with Gasteiger partial charge in [0, 0.05) is 9.75 Å². The van der Waals surface area contributed by atoms with Gasteiger partial charge in [0.15, 0.2) is 11.0 Å². The number of nitrogens with one attached hydrogen (secondary N) is 1. The van der Waals surface area contributed by atoms with E-state index in [1.54, 1.807) is 13.0 Å². The third-order valence-electron chi connectivity index (χ3n) is 2.26. The zero-order valence-electron chi connectivity index (χ0n) is 9.94. The molecule has 1 N–H and O–H groups in total. The fourth-order valence-electron chi connectivity index (χ4n) is 1.48. The van der Waals surface area contributed by atoms with Crippen molar-refractivity contribution in [1.82, 2.24) is 9.97 Å². The first-order valence-electron chi connectivity index (χ1n) is 5.07. The highest BCUT2D eigenvalue weighted by Crippen LogP contribution is 2.30. The summed E-state index contributed by atoms with van der Waals surface area (Å²) in [6.07, 6.45) is 1.14. The van der Waals surface area contributed by atoms with Crippen LogP contribution in [-0.4, -0.2) is 18.4 Å². The molecule has 0 aliphatic rings. The second kappa shape index (κ2) is 5.24. The van der Waals surface area contributed by atoms with Crippen LogP contribution in [0, 0.1) is 13.8 Å². The summed E-state index contributed by atoms with van der Waals surface area (Å²) in [6.45, 7) is 3.58. The zero-order valence-corrected chi connectivity index (χ0v) is 13.1. The van der Waals surface area contributed by atoms with E-state index in [-0.39, 0.29) is 20.9 Å². The Bertz CT molecular complexity index is 728. The third kappa shape index (κ3) is 3.00. The van der Waals surface area contributed by atoms with Crippen LogP contribution in [0.2, 0.25) is 10.2 Å². The lowest BCUT2D eigenvalue weighted by Gasteiger charge is -2.08. The molecule has 0 radical (unpaired) electrons. The van der Waals surface area contributed by atoms with Gasteiger partial charge in [-0.1, -0.05) is 23.2 Å². The molecule has 2 aromatic rings. The smallest absolute Gasteiger partial charge is 0.262 e. The molecule has 2 rings (SSSR count). The van der Waals surface area contributed by atoms with Crippen LogP contribution >= 0.6 is 34.5 Å². The second-order valence-electron chi connectivity index (χ2n) is 3.71. The van der Waals surface area contributed by atoms with E-state index in [9.17, 15) is 8.42 Å². The molecule has 0 fully saturated rings. The van der Waals surface area contributed by atoms with Crippen molar-refractivity contribution < 1.29 is 8.42 Å². The van der Waals surface area contributed by atoms with Crippen LogP contribution in [0.5, 0.6) is 0 Å². The number of hydrogen-bond acceptors (Lipinski definition) is 5. The van der Waals surface area contributed by atoms with Gasteiger partial charge >= 0.3 is 0 Å². The number of thiophene rings is 1. The van der Waals surface area contributed by atoms with Crippen molar-refractivity contribution in [2.24, 2.45) is 0 Å². The number of sulfonamides is 1. The minimum Gasteiger partial charge on any atom is -0.262 e. The third-order valence-corrected chi connectivity index (χ3v) is 5.56. The largest absolute Gasteiger partial charge is 0.264 e. The highest BCUT2D eigenvalue weighted by Gasteiger charge is 2.21. The lowest BCUT2D eigenvalue weighted by Crippen LogP contribution is -2.14. The molecule has 2 aromatic heterocycles. The first-order valence-corrected chi connectivity index (χ1v) is 8.12. The van der Waals surface area contributed by atoms with Crippen LogP contribution < -0.4 is 4.72 Å². The average Bonchev–Trinajstić information content (AvgIpc) is 2.65. The Morgan fingerprint density at radius 1 is 1.26 bits per heavy atom. The summed E-state index contributed by atoms with van der Waals surface area (Å²) in [5.41, 5.74) is 0. The molecule has 0 atom stereocenters. The summed E-state index contributed by atoms with van der Waals surface area (Å²) < 4.78 is 26.8. The van der Waals surface area contributed by atoms with E-state index in [4.69, 9.17) is 23.2 Å². The molecule has 0 aromatic carbocycles. The van der Waals surface area contributed by atoms with Gasteiger partial charge in [-0.15, -0.1) is 11.3 Å². The minimum absolute atomic E-state index is 0.00686. The summed E-state index contributed by atoms with van der Waals surface area (Å²) >= 11 is 13.0. The minimum atomic E-state index is -3.74. The molecule has 0 bridgehead atoms. The standard InChI is InChI=1S/C10H9Cl2N3O2S2/c1-5-3-7(6(2)18-5)19(16,17)15-10-8(11)9(12)13-4-14-10/h3-4H,1-2H3,(H,13,14,15). The first kappa shape index (κ1) is 14.5. The monoisotopic (exact) mass is 337 g/mol. The quantitative estimate of drug-likeness (QED) is 0.872. The summed E-state index contributed by atoms with van der Waals surface area (Å²) in [5, 5.41) is -0.0371. The number of aromatic nitrogens is 2. The number of hydrogen-bond donors (Lipinski definition) is 1. The molecule has 0 aliphatic heterocycles. The Labute approximate surface area is 124 Å². The van der Waals surface area contributed by atoms with Crippen LogP contribution in [0.15, 0.2) is 17.3 Å². The molecule has 2 heterocycles. The topological polar surface area (TPSA) is 72.0 Å². The Morgan fingerprint density at radius 3 is 2.53 bits per heavy atom. The highest BCUT2D eigenvalue weighted by molar-refractivity contribution is 7.93. The maximum Gasteiger partial charge on any atom is 0.264 e. The zero-order chi connectivity index (χ0) is 14.2. The van der Waals surface area contributed by atoms with E-state index in [1.165, 1.54) is 11.3 Å². The highest BCUT2D eigenvalue weighted by atomic mass is 35.5. The van der Waals surface area contributed by atoms with E-state index in [2.05, 4.69) is 14.7 Å². The van der Waals surface area contributed by atoms with E-state index in [1.807, 2.05) is 6.92 Å². The van der Waals surface area contributed by atoms with Crippen LogP contribution in [0.25, 0.3) is 0 Å². The molecule has 19 heavy (non-hydrogen) atoms. The van der Waals surface area contributed by atoms with Crippen LogP contribution in [0.4, 0.5) is 5.82 Å². The number of nitrogens with zero attached hydrogens (tertiary/aromatic N) is 2. The summed E-state index contributed by atoms with van der Waals surface area (Å²) in [4.78, 5) is 9.24. The normalized spacial score (nSPS) is 11.6. The van der Waals surface area contributed by atoms with Gasteiger partial charge in [-0.3, -0.25) is 4.72 Å². The average molecular weight is 338 g/mol. The Hall–Kier alpha value is -0.890. The van der Waals surface area contributed by atoms with E-state index in [0.717, 1.165) is 11.2 Å². The van der Waals surface area contributed by atoms with Gasteiger partial charge in [0.25, 0.3) is 10.0 Å². The lowest BCUT2D eigenvalue weighted by molar-refractivity contribution is 0.601. The molecule has 0 unspecified atom stereocenters. The van der Waals surface area contributed by atoms with Crippen molar-refractivity contribution in [1.29, 1.82) is 0 Å². The maximum atomic E-state index is 12.2. The molecular formula is C10H9Cl2N3O2S2. The van der Waals surface area contributed by atoms with Crippen LogP contribution in [0.1, 0.15) is 9.75 Å². The van der Waals surface area contributed by atoms with Crippen molar-refractivity contribution in [3.05, 3.63) is 32.3 Å². The molecule has 0 saturated carbocycles. The van der Waals surface area contributed by atoms with Gasteiger partial charge in [-0.05, 0) is 19.9 Å². The molecule has 0 aliphatic carbocycles. The number of aryl methyl sites for hydroxylation is 2. The van der Waals surface area contributed by atoms with Gasteiger partial charge in [-0.2, -0.15) is 0 Å². The number of rotatable bonds is 3. The van der Waals surface area contributed by atoms with Crippen molar-refractivity contribution in [2.45, 2.75) is 18.7 Å². The van der Waals surface area contributed by atoms with Gasteiger partial charge in [0.2, 0.25) is 0 Å². The van der Waals surface area contributed by atoms with Crippen LogP contribution in [0.3, 0.4) is 0 Å². The fraction of sp³-hybridized carbons (Fsp3) is 0.200.